The molecule has 0 radical (unpaired) electrons. The van der Waals surface area contributed by atoms with Crippen molar-refractivity contribution in [3.05, 3.63) is 12.7 Å². The van der Waals surface area contributed by atoms with Gasteiger partial charge in [-0.2, -0.15) is 0 Å². The third-order valence-corrected chi connectivity index (χ3v) is 9.62. The minimum Gasteiger partial charge on any atom is -0.346 e. The normalized spacial score (nSPS) is 17.6. The number of hydrogen-bond acceptors (Lipinski definition) is 6. The van der Waals surface area contributed by atoms with Gasteiger partial charge in [-0.05, 0) is 58.3 Å². The Morgan fingerprint density at radius 1 is 1.04 bits per heavy atom. The van der Waals surface area contributed by atoms with Crippen LogP contribution in [0.3, 0.4) is 0 Å². The SMILES string of the molecule is C#CCCC(NC(=O)C1CCCN1C(=O)C(NC(=O)NC(CCCC)CCS(=O)C(C)(C)C)C(C)(C)C)C(=O)C(=O)NCC=C. The van der Waals surface area contributed by atoms with E-state index in [-0.39, 0.29) is 30.2 Å². The lowest BCUT2D eigenvalue weighted by Crippen LogP contribution is -2.60. The van der Waals surface area contributed by atoms with Gasteiger partial charge in [0, 0.05) is 46.9 Å². The summed E-state index contributed by atoms with van der Waals surface area (Å²) in [5.41, 5.74) is -0.695. The topological polar surface area (TPSA) is 154 Å². The monoisotopic (exact) mass is 649 g/mol. The number of nitrogens with one attached hydrogen (secondary N) is 4. The summed E-state index contributed by atoms with van der Waals surface area (Å²) in [6, 6.07) is -3.69. The van der Waals surface area contributed by atoms with Gasteiger partial charge in [0.2, 0.25) is 17.6 Å². The zero-order chi connectivity index (χ0) is 34.4. The first kappa shape index (κ1) is 39.8. The predicted octanol–water partition coefficient (Wildman–Crippen LogP) is 2.96. The lowest BCUT2D eigenvalue weighted by molar-refractivity contribution is -0.143. The molecular formula is C33H55N5O6S. The van der Waals surface area contributed by atoms with Crippen molar-refractivity contribution < 1.29 is 28.2 Å². The summed E-state index contributed by atoms with van der Waals surface area (Å²) in [5.74, 6) is 0.212. The first-order valence-corrected chi connectivity index (χ1v) is 17.2. The van der Waals surface area contributed by atoms with E-state index < -0.39 is 63.9 Å². The Morgan fingerprint density at radius 2 is 1.71 bits per heavy atom. The fourth-order valence-electron chi connectivity index (χ4n) is 4.95. The van der Waals surface area contributed by atoms with Crippen molar-refractivity contribution in [1.82, 2.24) is 26.2 Å². The van der Waals surface area contributed by atoms with Crippen molar-refractivity contribution in [3.8, 4) is 12.3 Å². The van der Waals surface area contributed by atoms with E-state index in [2.05, 4.69) is 40.7 Å². The summed E-state index contributed by atoms with van der Waals surface area (Å²) >= 11 is 0. The molecule has 5 atom stereocenters. The molecule has 11 nitrogen and oxygen atoms in total. The molecule has 0 aromatic carbocycles. The van der Waals surface area contributed by atoms with Gasteiger partial charge in [-0.3, -0.25) is 23.4 Å². The molecule has 1 rings (SSSR count). The quantitative estimate of drug-likeness (QED) is 0.108. The highest BCUT2D eigenvalue weighted by molar-refractivity contribution is 7.86. The Balaban J connectivity index is 3.07. The number of carbonyl (C=O) groups is 5. The smallest absolute Gasteiger partial charge is 0.315 e. The van der Waals surface area contributed by atoms with Crippen LogP contribution in [0.5, 0.6) is 0 Å². The molecule has 1 aliphatic rings. The van der Waals surface area contributed by atoms with Gasteiger partial charge >= 0.3 is 6.03 Å². The maximum absolute atomic E-state index is 13.9. The number of unbranched alkanes of at least 4 members (excludes halogenated alkanes) is 1. The van der Waals surface area contributed by atoms with Crippen molar-refractivity contribution in [2.45, 2.75) is 129 Å². The zero-order valence-corrected chi connectivity index (χ0v) is 29.1. The number of nitrogens with zero attached hydrogens (tertiary/aromatic N) is 1. The van der Waals surface area contributed by atoms with Crippen molar-refractivity contribution >= 4 is 40.3 Å². The van der Waals surface area contributed by atoms with E-state index in [1.807, 2.05) is 41.5 Å². The molecule has 4 N–H and O–H groups in total. The van der Waals surface area contributed by atoms with Crippen LogP contribution in [-0.4, -0.2) is 86.4 Å². The molecule has 1 aliphatic heterocycles. The standard InChI is InChI=1S/C33H55N5O6S/c1-10-13-16-23(19-22-45(44)33(7,8)9)35-31(43)37-27(32(4,5)6)30(42)38-21-15-18-25(38)28(40)36-24(17-14-11-2)26(39)29(41)34-20-12-3/h2,12,23-25,27H,3,10,13-22H2,1,4-9H3,(H,34,41)(H,36,40)(H2,35,37,43). The molecule has 254 valence electrons. The van der Waals surface area contributed by atoms with Crippen LogP contribution in [0.15, 0.2) is 12.7 Å². The van der Waals surface area contributed by atoms with Gasteiger partial charge in [-0.25, -0.2) is 4.79 Å². The Labute approximate surface area is 272 Å². The molecule has 0 saturated carbocycles. The van der Waals surface area contributed by atoms with E-state index in [0.29, 0.717) is 31.6 Å². The summed E-state index contributed by atoms with van der Waals surface area (Å²) in [6.45, 7) is 17.2. The van der Waals surface area contributed by atoms with Crippen LogP contribution in [0.1, 0.15) is 99.8 Å². The van der Waals surface area contributed by atoms with Crippen LogP contribution in [0.25, 0.3) is 0 Å². The highest BCUT2D eigenvalue weighted by Crippen LogP contribution is 2.26. The average Bonchev–Trinajstić information content (AvgIpc) is 3.46. The Bertz CT molecular complexity index is 1120. The fourth-order valence-corrected chi connectivity index (χ4v) is 6.06. The van der Waals surface area contributed by atoms with Crippen molar-refractivity contribution in [2.24, 2.45) is 5.41 Å². The molecule has 0 spiro atoms. The molecule has 0 aromatic heterocycles. The van der Waals surface area contributed by atoms with Crippen molar-refractivity contribution in [1.29, 1.82) is 0 Å². The highest BCUT2D eigenvalue weighted by atomic mass is 32.2. The number of carbonyl (C=O) groups excluding carboxylic acids is 5. The summed E-state index contributed by atoms with van der Waals surface area (Å²) in [6.07, 6.45) is 11.1. The summed E-state index contributed by atoms with van der Waals surface area (Å²) in [5, 5.41) is 10.9. The van der Waals surface area contributed by atoms with Gasteiger partial charge in [0.05, 0.1) is 6.04 Å². The summed E-state index contributed by atoms with van der Waals surface area (Å²) < 4.78 is 12.3. The second-order valence-corrected chi connectivity index (χ2v) is 15.9. The Morgan fingerprint density at radius 3 is 2.27 bits per heavy atom. The first-order chi connectivity index (χ1) is 21.0. The molecule has 0 aromatic rings. The number of likely N-dealkylation sites (tertiary alicyclic amines) is 1. The number of terminal acetylenes is 1. The largest absolute Gasteiger partial charge is 0.346 e. The van der Waals surface area contributed by atoms with Gasteiger partial charge in [0.25, 0.3) is 5.91 Å². The second kappa shape index (κ2) is 18.7. The summed E-state index contributed by atoms with van der Waals surface area (Å²) in [4.78, 5) is 67.2. The van der Waals surface area contributed by atoms with Gasteiger partial charge in [-0.15, -0.1) is 18.9 Å². The highest BCUT2D eigenvalue weighted by Gasteiger charge is 2.43. The van der Waals surface area contributed by atoms with Crippen LogP contribution in [0.2, 0.25) is 0 Å². The van der Waals surface area contributed by atoms with E-state index >= 15 is 0 Å². The first-order valence-electron chi connectivity index (χ1n) is 15.9. The second-order valence-electron chi connectivity index (χ2n) is 13.6. The molecule has 0 aliphatic carbocycles. The van der Waals surface area contributed by atoms with Gasteiger partial charge < -0.3 is 26.2 Å². The number of rotatable bonds is 17. The molecule has 12 heteroatoms. The number of ketones is 1. The maximum atomic E-state index is 13.9. The third kappa shape index (κ3) is 13.4. The van der Waals surface area contributed by atoms with E-state index in [4.69, 9.17) is 6.42 Å². The molecule has 0 bridgehead atoms. The van der Waals surface area contributed by atoms with Gasteiger partial charge in [-0.1, -0.05) is 46.6 Å². The van der Waals surface area contributed by atoms with E-state index in [9.17, 15) is 28.2 Å². The predicted molar refractivity (Wildman–Crippen MR) is 179 cm³/mol. The molecule has 5 unspecified atom stereocenters. The van der Waals surface area contributed by atoms with E-state index in [1.165, 1.54) is 11.0 Å². The van der Waals surface area contributed by atoms with Crippen LogP contribution in [-0.2, 0) is 30.0 Å². The molecule has 5 amide bonds. The van der Waals surface area contributed by atoms with Crippen LogP contribution in [0, 0.1) is 17.8 Å². The third-order valence-electron chi connectivity index (χ3n) is 7.64. The molecular weight excluding hydrogens is 594 g/mol. The molecule has 1 heterocycles. The lowest BCUT2D eigenvalue weighted by atomic mass is 9.85. The number of urea groups is 1. The van der Waals surface area contributed by atoms with E-state index in [1.54, 1.807) is 0 Å². The molecule has 45 heavy (non-hydrogen) atoms. The summed E-state index contributed by atoms with van der Waals surface area (Å²) in [7, 11) is -1.06. The number of amides is 5. The Hall–Kier alpha value is -3.20. The minimum atomic E-state index is -1.15. The maximum Gasteiger partial charge on any atom is 0.315 e. The minimum absolute atomic E-state index is 0.0676. The van der Waals surface area contributed by atoms with E-state index in [0.717, 1.165) is 19.3 Å². The van der Waals surface area contributed by atoms with Crippen molar-refractivity contribution in [2.75, 3.05) is 18.8 Å². The zero-order valence-electron chi connectivity index (χ0n) is 28.3. The number of hydrogen-bond donors (Lipinski definition) is 4. The Kier molecular flexibility index (Phi) is 16.5. The van der Waals surface area contributed by atoms with Gasteiger partial charge in [0.15, 0.2) is 0 Å². The molecule has 1 fully saturated rings. The van der Waals surface area contributed by atoms with Crippen molar-refractivity contribution in [3.63, 3.8) is 0 Å². The van der Waals surface area contributed by atoms with Gasteiger partial charge in [0.1, 0.15) is 12.1 Å². The number of Topliss-reactive ketones (excluding diaryl/α,β-unsaturated/α-hetero) is 1. The van der Waals surface area contributed by atoms with Crippen LogP contribution in [0.4, 0.5) is 4.79 Å². The fraction of sp³-hybridized carbons (Fsp3) is 0.727. The van der Waals surface area contributed by atoms with Crippen LogP contribution < -0.4 is 21.3 Å². The average molecular weight is 650 g/mol. The lowest BCUT2D eigenvalue weighted by Gasteiger charge is -2.36. The molecule has 1 saturated heterocycles. The van der Waals surface area contributed by atoms with Crippen LogP contribution >= 0.6 is 0 Å².